The van der Waals surface area contributed by atoms with Gasteiger partial charge < -0.3 is 24.6 Å². The van der Waals surface area contributed by atoms with E-state index >= 15 is 0 Å². The molecule has 3 aromatic rings. The van der Waals surface area contributed by atoms with Gasteiger partial charge in [0, 0.05) is 63.3 Å². The van der Waals surface area contributed by atoms with Crippen LogP contribution in [0.15, 0.2) is 36.7 Å². The highest BCUT2D eigenvalue weighted by Gasteiger charge is 2.38. The standard InChI is InChI=1S/C30H41FN6O4S.H2/c1-19(2)22-6-7-26(37-16-21(20(37)3)18-42(5,38)39)24-15-33-29(14-23(22)24)34-28-8-10-32-30(35-28)36-11-9-27(25(31)17-36)41-13-12-40-4;/h6-8,10,14-15,19-21,25,27H,9,11-13,16-18H2,1-5H3,(H,32,33,34,35);1H/t20-,21-,25-,27+;/m1./s1. The maximum atomic E-state index is 14.8. The highest BCUT2D eigenvalue weighted by molar-refractivity contribution is 7.90. The van der Waals surface area contributed by atoms with Crippen LogP contribution in [-0.2, 0) is 19.3 Å². The summed E-state index contributed by atoms with van der Waals surface area (Å²) in [7, 11) is -1.43. The molecule has 12 heteroatoms. The monoisotopic (exact) mass is 602 g/mol. The number of anilines is 4. The van der Waals surface area contributed by atoms with Crippen LogP contribution in [0.1, 0.15) is 40.1 Å². The maximum absolute atomic E-state index is 14.8. The maximum Gasteiger partial charge on any atom is 0.227 e. The first-order valence-electron chi connectivity index (χ1n) is 14.5. The summed E-state index contributed by atoms with van der Waals surface area (Å²) in [6.07, 6.45) is 3.79. The highest BCUT2D eigenvalue weighted by Crippen LogP contribution is 2.39. The lowest BCUT2D eigenvalue weighted by Gasteiger charge is -2.48. The molecule has 2 aromatic heterocycles. The number of piperidine rings is 1. The van der Waals surface area contributed by atoms with Crippen molar-refractivity contribution in [2.24, 2.45) is 5.92 Å². The number of nitrogens with zero attached hydrogens (tertiary/aromatic N) is 5. The summed E-state index contributed by atoms with van der Waals surface area (Å²) in [5, 5.41) is 5.43. The van der Waals surface area contributed by atoms with E-state index in [1.54, 1.807) is 19.4 Å². The minimum atomic E-state index is -3.03. The second-order valence-electron chi connectivity index (χ2n) is 11.7. The van der Waals surface area contributed by atoms with Gasteiger partial charge in [-0.3, -0.25) is 0 Å². The number of hydrogen-bond acceptors (Lipinski definition) is 10. The van der Waals surface area contributed by atoms with Crippen LogP contribution in [0.2, 0.25) is 0 Å². The molecule has 230 valence electrons. The zero-order chi connectivity index (χ0) is 30.0. The highest BCUT2D eigenvalue weighted by atomic mass is 32.2. The molecule has 0 unspecified atom stereocenters. The van der Waals surface area contributed by atoms with Gasteiger partial charge in [-0.25, -0.2) is 22.8 Å². The molecular weight excluding hydrogens is 559 g/mol. The Morgan fingerprint density at radius 2 is 1.95 bits per heavy atom. The molecule has 2 aliphatic rings. The summed E-state index contributed by atoms with van der Waals surface area (Å²) in [6.45, 7) is 8.68. The van der Waals surface area contributed by atoms with Crippen molar-refractivity contribution < 1.29 is 23.7 Å². The second-order valence-corrected chi connectivity index (χ2v) is 13.9. The third kappa shape index (κ3) is 6.76. The van der Waals surface area contributed by atoms with Gasteiger partial charge in [-0.1, -0.05) is 19.9 Å². The Labute approximate surface area is 249 Å². The lowest BCUT2D eigenvalue weighted by Crippen LogP contribution is -2.57. The predicted molar refractivity (Wildman–Crippen MR) is 167 cm³/mol. The van der Waals surface area contributed by atoms with E-state index < -0.39 is 22.1 Å². The van der Waals surface area contributed by atoms with Crippen molar-refractivity contribution >= 4 is 43.9 Å². The SMILES string of the molecule is COCCO[C@H]1CCN(c2nccc(Nc3cc4c(C(C)C)ccc(N5C[C@H](CS(C)(=O)=O)[C@H]5C)c4cn3)n2)C[C@H]1F.[HH]. The van der Waals surface area contributed by atoms with Gasteiger partial charge in [-0.05, 0) is 48.4 Å². The van der Waals surface area contributed by atoms with Crippen LogP contribution in [0.4, 0.5) is 27.7 Å². The van der Waals surface area contributed by atoms with Crippen molar-refractivity contribution in [3.05, 3.63) is 42.2 Å². The number of benzene rings is 1. The topological polar surface area (TPSA) is 110 Å². The fourth-order valence-corrected chi connectivity index (χ4v) is 7.05. The fraction of sp³-hybridized carbons (Fsp3) is 0.567. The largest absolute Gasteiger partial charge is 0.382 e. The van der Waals surface area contributed by atoms with Crippen molar-refractivity contribution in [1.82, 2.24) is 15.0 Å². The molecule has 42 heavy (non-hydrogen) atoms. The lowest BCUT2D eigenvalue weighted by atomic mass is 9.88. The zero-order valence-corrected chi connectivity index (χ0v) is 25.8. The van der Waals surface area contributed by atoms with Crippen molar-refractivity contribution in [1.29, 1.82) is 0 Å². The molecule has 10 nitrogen and oxygen atoms in total. The summed E-state index contributed by atoms with van der Waals surface area (Å²) < 4.78 is 49.2. The summed E-state index contributed by atoms with van der Waals surface area (Å²) in [5.41, 5.74) is 2.26. The Bertz CT molecular complexity index is 1510. The lowest BCUT2D eigenvalue weighted by molar-refractivity contribution is -0.0319. The van der Waals surface area contributed by atoms with Crippen LogP contribution < -0.4 is 15.1 Å². The average Bonchev–Trinajstić information content (AvgIpc) is 2.95. The average molecular weight is 603 g/mol. The summed E-state index contributed by atoms with van der Waals surface area (Å²) in [4.78, 5) is 17.9. The Balaban J connectivity index is 0.00000423. The molecular formula is C30H43FN6O4S. The number of pyridine rings is 1. The summed E-state index contributed by atoms with van der Waals surface area (Å²) in [6, 6.07) is 8.21. The van der Waals surface area contributed by atoms with E-state index in [0.717, 1.165) is 16.5 Å². The summed E-state index contributed by atoms with van der Waals surface area (Å²) in [5.74, 6) is 2.28. The molecule has 1 N–H and O–H groups in total. The van der Waals surface area contributed by atoms with Gasteiger partial charge in [0.25, 0.3) is 0 Å². The normalized spacial score (nSPS) is 22.9. The number of methoxy groups -OCH3 is 1. The Kier molecular flexibility index (Phi) is 9.14. The first-order chi connectivity index (χ1) is 20.0. The zero-order valence-electron chi connectivity index (χ0n) is 25.0. The molecule has 0 amide bonds. The van der Waals surface area contributed by atoms with Gasteiger partial charge in [-0.2, -0.15) is 4.98 Å². The number of nitrogens with one attached hydrogen (secondary N) is 1. The molecule has 0 saturated carbocycles. The van der Waals surface area contributed by atoms with Crippen LogP contribution >= 0.6 is 0 Å². The minimum Gasteiger partial charge on any atom is -0.382 e. The van der Waals surface area contributed by atoms with Crippen LogP contribution in [0, 0.1) is 5.92 Å². The van der Waals surface area contributed by atoms with Crippen LogP contribution in [0.5, 0.6) is 0 Å². The number of alkyl halides is 1. The molecule has 1 aromatic carbocycles. The van der Waals surface area contributed by atoms with E-state index in [9.17, 15) is 12.8 Å². The van der Waals surface area contributed by atoms with E-state index in [4.69, 9.17) is 14.5 Å². The predicted octanol–water partition coefficient (Wildman–Crippen LogP) is 4.59. The number of rotatable bonds is 11. The van der Waals surface area contributed by atoms with Crippen LogP contribution in [-0.4, -0.2) is 93.7 Å². The van der Waals surface area contributed by atoms with E-state index in [-0.39, 0.29) is 25.7 Å². The smallest absolute Gasteiger partial charge is 0.227 e. The first kappa shape index (κ1) is 30.4. The third-order valence-corrected chi connectivity index (χ3v) is 9.28. The molecule has 0 bridgehead atoms. The number of halogens is 1. The molecule has 0 spiro atoms. The van der Waals surface area contributed by atoms with Crippen LogP contribution in [0.3, 0.4) is 0 Å². The number of fused-ring (bicyclic) bond motifs is 1. The molecule has 2 saturated heterocycles. The van der Waals surface area contributed by atoms with E-state index in [2.05, 4.69) is 53.1 Å². The quantitative estimate of drug-likeness (QED) is 0.313. The van der Waals surface area contributed by atoms with Gasteiger partial charge >= 0.3 is 0 Å². The van der Waals surface area contributed by atoms with Gasteiger partial charge in [0.15, 0.2) is 0 Å². The first-order valence-corrected chi connectivity index (χ1v) is 16.6. The van der Waals surface area contributed by atoms with Gasteiger partial charge in [0.2, 0.25) is 5.95 Å². The molecule has 5 rings (SSSR count). The molecule has 4 heterocycles. The van der Waals surface area contributed by atoms with Gasteiger partial charge in [0.05, 0.1) is 31.6 Å². The fourth-order valence-electron chi connectivity index (χ4n) is 5.89. The minimum absolute atomic E-state index is 0. The van der Waals surface area contributed by atoms with E-state index in [0.29, 0.717) is 56.2 Å². The molecule has 2 aliphatic heterocycles. The van der Waals surface area contributed by atoms with Crippen molar-refractivity contribution in [2.75, 3.05) is 67.1 Å². The Morgan fingerprint density at radius 3 is 2.64 bits per heavy atom. The third-order valence-electron chi connectivity index (χ3n) is 8.25. The number of aromatic nitrogens is 3. The van der Waals surface area contributed by atoms with Gasteiger partial charge in [0.1, 0.15) is 27.6 Å². The summed E-state index contributed by atoms with van der Waals surface area (Å²) >= 11 is 0. The number of ether oxygens (including phenoxy) is 2. The van der Waals surface area contributed by atoms with Crippen molar-refractivity contribution in [3.8, 4) is 0 Å². The van der Waals surface area contributed by atoms with E-state index in [1.807, 2.05) is 17.2 Å². The number of sulfone groups is 1. The second kappa shape index (κ2) is 12.6. The molecule has 4 atom stereocenters. The van der Waals surface area contributed by atoms with Crippen molar-refractivity contribution in [2.45, 2.75) is 51.4 Å². The molecule has 2 fully saturated rings. The number of hydrogen-bond donors (Lipinski definition) is 1. The van der Waals surface area contributed by atoms with Crippen LogP contribution in [0.25, 0.3) is 10.8 Å². The Hall–Kier alpha value is -3.09. The molecule has 0 radical (unpaired) electrons. The van der Waals surface area contributed by atoms with E-state index in [1.165, 1.54) is 11.8 Å². The van der Waals surface area contributed by atoms with Gasteiger partial charge in [-0.15, -0.1) is 0 Å². The van der Waals surface area contributed by atoms with Crippen molar-refractivity contribution in [3.63, 3.8) is 0 Å². The Morgan fingerprint density at radius 1 is 1.14 bits per heavy atom. The molecule has 0 aliphatic carbocycles.